The van der Waals surface area contributed by atoms with Crippen molar-refractivity contribution in [3.63, 3.8) is 0 Å². The van der Waals surface area contributed by atoms with Crippen LogP contribution in [0, 0.1) is 18.8 Å². The molecule has 2 saturated heterocycles. The predicted octanol–water partition coefficient (Wildman–Crippen LogP) is 2.22. The SMILES string of the molecule is Cc1cccc(N2C(=O)[C@@H]3[C@@H](C2=O)[C@]2(C)C=C[C@]3(C)O2)c1. The van der Waals surface area contributed by atoms with Crippen LogP contribution < -0.4 is 4.90 Å². The Morgan fingerprint density at radius 1 is 1.05 bits per heavy atom. The number of anilines is 1. The molecule has 3 aliphatic rings. The number of aryl methyl sites for hydroxylation is 1. The molecule has 1 aromatic rings. The number of carbonyl (C=O) groups is 2. The van der Waals surface area contributed by atoms with Crippen LogP contribution >= 0.6 is 0 Å². The number of ether oxygens (including phenoxy) is 1. The third-order valence-corrected chi connectivity index (χ3v) is 4.99. The zero-order valence-electron chi connectivity index (χ0n) is 12.3. The highest BCUT2D eigenvalue weighted by Crippen LogP contribution is 2.57. The zero-order chi connectivity index (χ0) is 15.0. The molecule has 4 heteroatoms. The molecule has 3 aliphatic heterocycles. The van der Waals surface area contributed by atoms with Crippen molar-refractivity contribution in [2.45, 2.75) is 32.0 Å². The van der Waals surface area contributed by atoms with Gasteiger partial charge in [-0.25, -0.2) is 4.90 Å². The Morgan fingerprint density at radius 2 is 1.62 bits per heavy atom. The van der Waals surface area contributed by atoms with E-state index in [0.29, 0.717) is 5.69 Å². The highest BCUT2D eigenvalue weighted by Gasteiger charge is 2.70. The second-order valence-corrected chi connectivity index (χ2v) is 6.61. The largest absolute Gasteiger partial charge is 0.359 e. The van der Waals surface area contributed by atoms with Gasteiger partial charge in [-0.1, -0.05) is 24.3 Å². The molecule has 2 bridgehead atoms. The smallest absolute Gasteiger partial charge is 0.241 e. The van der Waals surface area contributed by atoms with Crippen molar-refractivity contribution >= 4 is 17.5 Å². The van der Waals surface area contributed by atoms with Crippen LogP contribution in [0.3, 0.4) is 0 Å². The van der Waals surface area contributed by atoms with E-state index in [9.17, 15) is 9.59 Å². The lowest BCUT2D eigenvalue weighted by Gasteiger charge is -2.25. The Labute approximate surface area is 123 Å². The molecular formula is C17H17NO3. The quantitative estimate of drug-likeness (QED) is 0.586. The van der Waals surface area contributed by atoms with E-state index in [-0.39, 0.29) is 11.8 Å². The summed E-state index contributed by atoms with van der Waals surface area (Å²) in [5.41, 5.74) is 0.362. The minimum absolute atomic E-state index is 0.147. The number of rotatable bonds is 1. The van der Waals surface area contributed by atoms with Crippen molar-refractivity contribution in [3.05, 3.63) is 42.0 Å². The first-order valence-corrected chi connectivity index (χ1v) is 7.21. The van der Waals surface area contributed by atoms with Gasteiger partial charge in [0, 0.05) is 0 Å². The van der Waals surface area contributed by atoms with E-state index < -0.39 is 23.0 Å². The van der Waals surface area contributed by atoms with Crippen LogP contribution in [0.5, 0.6) is 0 Å². The maximum absolute atomic E-state index is 12.8. The third-order valence-electron chi connectivity index (χ3n) is 4.99. The molecule has 0 aromatic heterocycles. The van der Waals surface area contributed by atoms with Crippen molar-refractivity contribution < 1.29 is 14.3 Å². The summed E-state index contributed by atoms with van der Waals surface area (Å²) in [6, 6.07) is 7.50. The number of benzene rings is 1. The standard InChI is InChI=1S/C17H17NO3/c1-10-5-4-6-11(9-10)18-14(19)12-13(15(18)20)17(3)8-7-16(12,2)21-17/h4-9,12-13H,1-3H3/t12-,13-,16-,17-/m0/s1. The van der Waals surface area contributed by atoms with Gasteiger partial charge in [-0.15, -0.1) is 0 Å². The van der Waals surface area contributed by atoms with Crippen molar-refractivity contribution in [1.29, 1.82) is 0 Å². The topological polar surface area (TPSA) is 46.6 Å². The highest BCUT2D eigenvalue weighted by atomic mass is 16.5. The van der Waals surface area contributed by atoms with Crippen molar-refractivity contribution in [3.8, 4) is 0 Å². The fourth-order valence-corrected chi connectivity index (χ4v) is 4.05. The van der Waals surface area contributed by atoms with E-state index in [0.717, 1.165) is 5.56 Å². The predicted molar refractivity (Wildman–Crippen MR) is 77.7 cm³/mol. The lowest BCUT2D eigenvalue weighted by atomic mass is 9.73. The highest BCUT2D eigenvalue weighted by molar-refractivity contribution is 6.23. The summed E-state index contributed by atoms with van der Waals surface area (Å²) in [4.78, 5) is 27.0. The van der Waals surface area contributed by atoms with Crippen LogP contribution in [0.25, 0.3) is 0 Å². The number of hydrogen-bond donors (Lipinski definition) is 0. The summed E-state index contributed by atoms with van der Waals surface area (Å²) in [6.45, 7) is 5.74. The van der Waals surface area contributed by atoms with Gasteiger partial charge in [-0.3, -0.25) is 9.59 Å². The Morgan fingerprint density at radius 3 is 2.14 bits per heavy atom. The number of fused-ring (bicyclic) bond motifs is 5. The molecule has 1 aromatic carbocycles. The maximum Gasteiger partial charge on any atom is 0.241 e. The van der Waals surface area contributed by atoms with Gasteiger partial charge < -0.3 is 4.74 Å². The molecular weight excluding hydrogens is 266 g/mol. The average molecular weight is 283 g/mol. The lowest BCUT2D eigenvalue weighted by Crippen LogP contribution is -2.39. The summed E-state index contributed by atoms with van der Waals surface area (Å²) in [7, 11) is 0. The molecule has 4 atom stereocenters. The minimum Gasteiger partial charge on any atom is -0.359 e. The molecule has 4 rings (SSSR count). The van der Waals surface area contributed by atoms with Crippen molar-refractivity contribution in [2.24, 2.45) is 11.8 Å². The first-order valence-electron chi connectivity index (χ1n) is 7.21. The first kappa shape index (κ1) is 12.8. The second-order valence-electron chi connectivity index (χ2n) is 6.61. The van der Waals surface area contributed by atoms with E-state index in [1.54, 1.807) is 0 Å². The number of amides is 2. The first-order chi connectivity index (χ1) is 9.86. The van der Waals surface area contributed by atoms with E-state index in [2.05, 4.69) is 0 Å². The molecule has 0 unspecified atom stereocenters. The van der Waals surface area contributed by atoms with Gasteiger partial charge in [-0.05, 0) is 38.5 Å². The fourth-order valence-electron chi connectivity index (χ4n) is 4.05. The lowest BCUT2D eigenvalue weighted by molar-refractivity contribution is -0.128. The summed E-state index contributed by atoms with van der Waals surface area (Å²) >= 11 is 0. The second kappa shape index (κ2) is 3.63. The van der Waals surface area contributed by atoms with Crippen LogP contribution in [0.2, 0.25) is 0 Å². The molecule has 0 spiro atoms. The number of nitrogens with zero attached hydrogens (tertiary/aromatic N) is 1. The number of carbonyl (C=O) groups excluding carboxylic acids is 2. The van der Waals surface area contributed by atoms with Gasteiger partial charge in [-0.2, -0.15) is 0 Å². The summed E-state index contributed by atoms with van der Waals surface area (Å²) in [5, 5.41) is 0. The van der Waals surface area contributed by atoms with Gasteiger partial charge in [0.1, 0.15) is 0 Å². The van der Waals surface area contributed by atoms with Gasteiger partial charge in [0.05, 0.1) is 28.7 Å². The zero-order valence-corrected chi connectivity index (χ0v) is 12.3. The van der Waals surface area contributed by atoms with Crippen LogP contribution in [0.4, 0.5) is 5.69 Å². The van der Waals surface area contributed by atoms with E-state index in [1.807, 2.05) is 57.2 Å². The summed E-state index contributed by atoms with van der Waals surface area (Å²) < 4.78 is 5.98. The molecule has 0 aliphatic carbocycles. The van der Waals surface area contributed by atoms with Gasteiger partial charge >= 0.3 is 0 Å². The number of imide groups is 1. The molecule has 4 nitrogen and oxygen atoms in total. The molecule has 3 heterocycles. The van der Waals surface area contributed by atoms with Crippen LogP contribution in [-0.4, -0.2) is 23.0 Å². The summed E-state index contributed by atoms with van der Waals surface area (Å²) in [5.74, 6) is -1.13. The monoisotopic (exact) mass is 283 g/mol. The minimum atomic E-state index is -0.662. The van der Waals surface area contributed by atoms with Crippen molar-refractivity contribution in [1.82, 2.24) is 0 Å². The molecule has 21 heavy (non-hydrogen) atoms. The Hall–Kier alpha value is -1.94. The Balaban J connectivity index is 1.82. The molecule has 2 amide bonds. The molecule has 0 N–H and O–H groups in total. The van der Waals surface area contributed by atoms with Gasteiger partial charge in [0.15, 0.2) is 0 Å². The molecule has 2 fully saturated rings. The fraction of sp³-hybridized carbons (Fsp3) is 0.412. The Bertz CT molecular complexity index is 674. The Kier molecular flexibility index (Phi) is 2.21. The molecule has 108 valence electrons. The van der Waals surface area contributed by atoms with E-state index >= 15 is 0 Å². The van der Waals surface area contributed by atoms with E-state index in [4.69, 9.17) is 4.74 Å². The average Bonchev–Trinajstić information content (AvgIpc) is 2.95. The van der Waals surface area contributed by atoms with Crippen LogP contribution in [0.15, 0.2) is 36.4 Å². The van der Waals surface area contributed by atoms with Gasteiger partial charge in [0.2, 0.25) is 11.8 Å². The maximum atomic E-state index is 12.8. The third kappa shape index (κ3) is 1.43. The number of hydrogen-bond acceptors (Lipinski definition) is 3. The van der Waals surface area contributed by atoms with E-state index in [1.165, 1.54) is 4.90 Å². The van der Waals surface area contributed by atoms with Crippen molar-refractivity contribution in [2.75, 3.05) is 4.90 Å². The molecule has 0 radical (unpaired) electrons. The van der Waals surface area contributed by atoms with Crippen LogP contribution in [0.1, 0.15) is 19.4 Å². The molecule has 0 saturated carbocycles. The summed E-state index contributed by atoms with van der Waals surface area (Å²) in [6.07, 6.45) is 3.86. The normalized spacial score (nSPS) is 40.2. The van der Waals surface area contributed by atoms with Gasteiger partial charge in [0.25, 0.3) is 0 Å². The van der Waals surface area contributed by atoms with Crippen LogP contribution in [-0.2, 0) is 14.3 Å².